The molecule has 2 aromatic carbocycles. The predicted molar refractivity (Wildman–Crippen MR) is 113 cm³/mol. The Bertz CT molecular complexity index is 889. The summed E-state index contributed by atoms with van der Waals surface area (Å²) in [7, 11) is 0. The Hall–Kier alpha value is -2.70. The molecule has 1 amide bonds. The Morgan fingerprint density at radius 1 is 1.10 bits per heavy atom. The molecule has 4 rings (SSSR count). The summed E-state index contributed by atoms with van der Waals surface area (Å²) >= 11 is 0. The smallest absolute Gasteiger partial charge is 0.257 e. The van der Waals surface area contributed by atoms with Crippen molar-refractivity contribution in [3.05, 3.63) is 65.6 Å². The standard InChI is InChI=1S/C23H26FN3O2/c24-20-5-3-6-21-22(20)19(23(28)26-21)16-25-18-9-7-17(8-10-18)4-1-2-11-27-12-14-29-15-13-27/h3,5-10,16,25H,1-2,4,11-15H2,(H,26,28)/b19-16+. The number of hydrogen-bond donors (Lipinski definition) is 2. The minimum absolute atomic E-state index is 0.297. The van der Waals surface area contributed by atoms with Crippen molar-refractivity contribution in [3.8, 4) is 0 Å². The number of anilines is 2. The van der Waals surface area contributed by atoms with Gasteiger partial charge >= 0.3 is 0 Å². The second-order valence-corrected chi connectivity index (χ2v) is 7.43. The van der Waals surface area contributed by atoms with Crippen molar-refractivity contribution < 1.29 is 13.9 Å². The van der Waals surface area contributed by atoms with Crippen LogP contribution in [0.3, 0.4) is 0 Å². The lowest BCUT2D eigenvalue weighted by Crippen LogP contribution is -2.36. The van der Waals surface area contributed by atoms with Gasteiger partial charge in [-0.1, -0.05) is 18.2 Å². The van der Waals surface area contributed by atoms with Crippen LogP contribution in [-0.2, 0) is 16.0 Å². The predicted octanol–water partition coefficient (Wildman–Crippen LogP) is 3.89. The van der Waals surface area contributed by atoms with Gasteiger partial charge in [0.15, 0.2) is 0 Å². The first-order valence-corrected chi connectivity index (χ1v) is 10.2. The number of benzene rings is 2. The zero-order chi connectivity index (χ0) is 20.1. The topological polar surface area (TPSA) is 53.6 Å². The quantitative estimate of drug-likeness (QED) is 0.552. The number of carbonyl (C=O) groups excluding carboxylic acids is 1. The molecule has 2 heterocycles. The van der Waals surface area contributed by atoms with Crippen LogP contribution < -0.4 is 10.6 Å². The fourth-order valence-corrected chi connectivity index (χ4v) is 3.76. The van der Waals surface area contributed by atoms with Crippen LogP contribution in [-0.4, -0.2) is 43.7 Å². The van der Waals surface area contributed by atoms with Gasteiger partial charge in [-0.05, 0) is 55.6 Å². The molecule has 0 atom stereocenters. The van der Waals surface area contributed by atoms with Crippen LogP contribution in [0, 0.1) is 5.82 Å². The maximum Gasteiger partial charge on any atom is 0.257 e. The van der Waals surface area contributed by atoms with Gasteiger partial charge < -0.3 is 15.4 Å². The number of unbranched alkanes of at least 4 members (excludes halogenated alkanes) is 1. The molecule has 5 nitrogen and oxygen atoms in total. The number of rotatable bonds is 7. The average molecular weight is 395 g/mol. The summed E-state index contributed by atoms with van der Waals surface area (Å²) < 4.78 is 19.5. The van der Waals surface area contributed by atoms with E-state index in [0.717, 1.165) is 51.4 Å². The van der Waals surface area contributed by atoms with Crippen LogP contribution >= 0.6 is 0 Å². The van der Waals surface area contributed by atoms with Crippen LogP contribution in [0.25, 0.3) is 5.57 Å². The molecular weight excluding hydrogens is 369 g/mol. The minimum Gasteiger partial charge on any atom is -0.379 e. The van der Waals surface area contributed by atoms with Crippen LogP contribution in [0.4, 0.5) is 15.8 Å². The normalized spacial score (nSPS) is 18.0. The monoisotopic (exact) mass is 395 g/mol. The van der Waals surface area contributed by atoms with E-state index in [4.69, 9.17) is 4.74 Å². The second-order valence-electron chi connectivity index (χ2n) is 7.43. The molecule has 0 radical (unpaired) electrons. The summed E-state index contributed by atoms with van der Waals surface area (Å²) in [5.41, 5.74) is 3.30. The number of halogens is 1. The molecule has 0 aliphatic carbocycles. The Balaban J connectivity index is 1.29. The third kappa shape index (κ3) is 4.83. The lowest BCUT2D eigenvalue weighted by molar-refractivity contribution is -0.110. The van der Waals surface area contributed by atoms with Gasteiger partial charge in [0.2, 0.25) is 0 Å². The lowest BCUT2D eigenvalue weighted by atomic mass is 10.1. The van der Waals surface area contributed by atoms with Gasteiger partial charge in [0, 0.05) is 30.5 Å². The van der Waals surface area contributed by atoms with Crippen molar-refractivity contribution in [1.29, 1.82) is 0 Å². The number of hydrogen-bond acceptors (Lipinski definition) is 4. The molecule has 0 aromatic heterocycles. The molecule has 2 aliphatic rings. The molecule has 2 aromatic rings. The van der Waals surface area contributed by atoms with E-state index in [9.17, 15) is 9.18 Å². The Labute approximate surface area is 170 Å². The van der Waals surface area contributed by atoms with E-state index in [1.54, 1.807) is 18.3 Å². The highest BCUT2D eigenvalue weighted by molar-refractivity contribution is 6.31. The summed E-state index contributed by atoms with van der Waals surface area (Å²) in [5.74, 6) is -0.698. The van der Waals surface area contributed by atoms with Crippen LogP contribution in [0.5, 0.6) is 0 Å². The van der Waals surface area contributed by atoms with Gasteiger partial charge in [0.25, 0.3) is 5.91 Å². The highest BCUT2D eigenvalue weighted by atomic mass is 19.1. The molecule has 2 N–H and O–H groups in total. The van der Waals surface area contributed by atoms with E-state index in [0.29, 0.717) is 16.8 Å². The average Bonchev–Trinajstić information content (AvgIpc) is 3.07. The van der Waals surface area contributed by atoms with Gasteiger partial charge in [-0.15, -0.1) is 0 Å². The molecule has 0 unspecified atom stereocenters. The van der Waals surface area contributed by atoms with E-state index >= 15 is 0 Å². The van der Waals surface area contributed by atoms with Crippen molar-refractivity contribution >= 4 is 22.9 Å². The highest BCUT2D eigenvalue weighted by Crippen LogP contribution is 2.33. The fraction of sp³-hybridized carbons (Fsp3) is 0.348. The molecule has 152 valence electrons. The SMILES string of the molecule is O=C1Nc2cccc(F)c2/C1=C\Nc1ccc(CCCCN2CCOCC2)cc1. The number of amides is 1. The number of nitrogens with zero attached hydrogens (tertiary/aromatic N) is 1. The Morgan fingerprint density at radius 2 is 1.90 bits per heavy atom. The molecule has 6 heteroatoms. The molecule has 1 fully saturated rings. The maximum atomic E-state index is 14.1. The Kier molecular flexibility index (Phi) is 6.22. The van der Waals surface area contributed by atoms with Gasteiger partial charge in [-0.25, -0.2) is 4.39 Å². The number of carbonyl (C=O) groups is 1. The van der Waals surface area contributed by atoms with Crippen molar-refractivity contribution in [2.45, 2.75) is 19.3 Å². The first kappa shape index (κ1) is 19.6. The van der Waals surface area contributed by atoms with E-state index in [-0.39, 0.29) is 5.91 Å². The number of fused-ring (bicyclic) bond motifs is 1. The number of ether oxygens (including phenoxy) is 1. The van der Waals surface area contributed by atoms with Crippen LogP contribution in [0.1, 0.15) is 24.0 Å². The number of morpholine rings is 1. The van der Waals surface area contributed by atoms with Gasteiger partial charge in [0.1, 0.15) is 5.82 Å². The first-order chi connectivity index (χ1) is 14.2. The maximum absolute atomic E-state index is 14.1. The zero-order valence-corrected chi connectivity index (χ0v) is 16.4. The van der Waals surface area contributed by atoms with Crippen molar-refractivity contribution in [2.24, 2.45) is 0 Å². The van der Waals surface area contributed by atoms with E-state index in [1.807, 2.05) is 12.1 Å². The summed E-state index contributed by atoms with van der Waals surface area (Å²) in [5, 5.41) is 5.80. The lowest BCUT2D eigenvalue weighted by Gasteiger charge is -2.26. The van der Waals surface area contributed by atoms with Gasteiger partial charge in [-0.2, -0.15) is 0 Å². The van der Waals surface area contributed by atoms with E-state index < -0.39 is 5.82 Å². The fourth-order valence-electron chi connectivity index (χ4n) is 3.76. The molecule has 0 bridgehead atoms. The van der Waals surface area contributed by atoms with E-state index in [2.05, 4.69) is 27.7 Å². The van der Waals surface area contributed by atoms with Gasteiger partial charge in [0.05, 0.1) is 24.5 Å². The summed E-state index contributed by atoms with van der Waals surface area (Å²) in [4.78, 5) is 14.6. The molecule has 29 heavy (non-hydrogen) atoms. The minimum atomic E-state index is -0.402. The van der Waals surface area contributed by atoms with Crippen LogP contribution in [0.15, 0.2) is 48.7 Å². The third-order valence-electron chi connectivity index (χ3n) is 5.41. The zero-order valence-electron chi connectivity index (χ0n) is 16.4. The molecule has 0 saturated carbocycles. The molecule has 2 aliphatic heterocycles. The number of nitrogens with one attached hydrogen (secondary N) is 2. The third-order valence-corrected chi connectivity index (χ3v) is 5.41. The van der Waals surface area contributed by atoms with Gasteiger partial charge in [-0.3, -0.25) is 9.69 Å². The Morgan fingerprint density at radius 3 is 2.69 bits per heavy atom. The summed E-state index contributed by atoms with van der Waals surface area (Å²) in [6.45, 7) is 4.93. The molecule has 1 saturated heterocycles. The first-order valence-electron chi connectivity index (χ1n) is 10.2. The number of aryl methyl sites for hydroxylation is 1. The second kappa shape index (κ2) is 9.20. The van der Waals surface area contributed by atoms with Crippen molar-refractivity contribution in [1.82, 2.24) is 4.90 Å². The largest absolute Gasteiger partial charge is 0.379 e. The highest BCUT2D eigenvalue weighted by Gasteiger charge is 2.27. The summed E-state index contributed by atoms with van der Waals surface area (Å²) in [6.07, 6.45) is 4.96. The van der Waals surface area contributed by atoms with E-state index in [1.165, 1.54) is 18.1 Å². The van der Waals surface area contributed by atoms with Crippen LogP contribution in [0.2, 0.25) is 0 Å². The van der Waals surface area contributed by atoms with Crippen molar-refractivity contribution in [3.63, 3.8) is 0 Å². The van der Waals surface area contributed by atoms with Crippen molar-refractivity contribution in [2.75, 3.05) is 43.5 Å². The molecule has 0 spiro atoms. The summed E-state index contributed by atoms with van der Waals surface area (Å²) in [6, 6.07) is 12.8. The molecular formula is C23H26FN3O2.